The number of thiophene rings is 1. The predicted octanol–water partition coefficient (Wildman–Crippen LogP) is 2.84. The molecule has 5 rings (SSSR count). The number of hydrogen-bond acceptors (Lipinski definition) is 7. The Morgan fingerprint density at radius 3 is 2.50 bits per heavy atom. The van der Waals surface area contributed by atoms with Crippen LogP contribution < -0.4 is 9.64 Å². The van der Waals surface area contributed by atoms with Crippen LogP contribution >= 0.6 is 11.3 Å². The van der Waals surface area contributed by atoms with E-state index in [1.165, 1.54) is 16.2 Å². The maximum Gasteiger partial charge on any atom is 0.277 e. The first-order chi connectivity index (χ1) is 15.7. The van der Waals surface area contributed by atoms with Gasteiger partial charge in [-0.3, -0.25) is 14.5 Å². The molecule has 0 aliphatic carbocycles. The van der Waals surface area contributed by atoms with Crippen LogP contribution in [0.3, 0.4) is 0 Å². The third-order valence-corrected chi connectivity index (χ3v) is 7.23. The first kappa shape index (κ1) is 21.0. The summed E-state index contributed by atoms with van der Waals surface area (Å²) in [5.41, 5.74) is 2.12. The van der Waals surface area contributed by atoms with Crippen LogP contribution in [0.15, 0.2) is 47.5 Å². The minimum atomic E-state index is -0.199. The molecule has 0 spiro atoms. The van der Waals surface area contributed by atoms with Crippen LogP contribution in [0.25, 0.3) is 5.57 Å². The number of piperazine rings is 1. The van der Waals surface area contributed by atoms with Gasteiger partial charge < -0.3 is 19.3 Å². The Morgan fingerprint density at radius 2 is 1.81 bits per heavy atom. The molecule has 168 valence electrons. The van der Waals surface area contributed by atoms with Gasteiger partial charge in [0, 0.05) is 37.7 Å². The highest BCUT2D eigenvalue weighted by Crippen LogP contribution is 2.36. The van der Waals surface area contributed by atoms with Crippen molar-refractivity contribution in [3.63, 3.8) is 0 Å². The average Bonchev–Trinajstić information content (AvgIpc) is 3.58. The van der Waals surface area contributed by atoms with Crippen molar-refractivity contribution < 1.29 is 19.1 Å². The maximum absolute atomic E-state index is 13.5. The zero-order valence-corrected chi connectivity index (χ0v) is 19.0. The monoisotopic (exact) mass is 453 g/mol. The van der Waals surface area contributed by atoms with Crippen LogP contribution in [0.2, 0.25) is 0 Å². The van der Waals surface area contributed by atoms with Crippen molar-refractivity contribution in [2.24, 2.45) is 0 Å². The van der Waals surface area contributed by atoms with Gasteiger partial charge in [-0.15, -0.1) is 11.3 Å². The molecule has 32 heavy (non-hydrogen) atoms. The van der Waals surface area contributed by atoms with E-state index >= 15 is 0 Å². The SMILES string of the molecule is COc1ccccc1N1CCN(C2=C(c3cccs3)C(=O)N(CC3CCCO3)C2=O)CC1. The van der Waals surface area contributed by atoms with Crippen molar-refractivity contribution in [1.29, 1.82) is 0 Å². The van der Waals surface area contributed by atoms with E-state index in [4.69, 9.17) is 9.47 Å². The molecule has 4 heterocycles. The summed E-state index contributed by atoms with van der Waals surface area (Å²) < 4.78 is 11.2. The zero-order valence-electron chi connectivity index (χ0n) is 18.2. The van der Waals surface area contributed by atoms with Crippen molar-refractivity contribution >= 4 is 34.4 Å². The van der Waals surface area contributed by atoms with Crippen LogP contribution in [-0.4, -0.2) is 74.2 Å². The van der Waals surface area contributed by atoms with Crippen molar-refractivity contribution in [2.45, 2.75) is 18.9 Å². The van der Waals surface area contributed by atoms with Gasteiger partial charge in [-0.2, -0.15) is 0 Å². The Bertz CT molecular complexity index is 1020. The standard InChI is InChI=1S/C24H27N3O4S/c1-30-19-8-3-2-7-18(19)25-10-12-26(13-11-25)22-21(20-9-5-15-32-20)23(28)27(24(22)29)16-17-6-4-14-31-17/h2-3,5,7-9,15,17H,4,6,10-14,16H2,1H3. The fraction of sp³-hybridized carbons (Fsp3) is 0.417. The lowest BCUT2D eigenvalue weighted by molar-refractivity contribution is -0.139. The van der Waals surface area contributed by atoms with Crippen LogP contribution in [0, 0.1) is 0 Å². The molecule has 0 N–H and O–H groups in total. The van der Waals surface area contributed by atoms with E-state index < -0.39 is 0 Å². The number of hydrogen-bond donors (Lipinski definition) is 0. The molecule has 1 aromatic heterocycles. The van der Waals surface area contributed by atoms with Gasteiger partial charge in [0.2, 0.25) is 0 Å². The highest BCUT2D eigenvalue weighted by atomic mass is 32.1. The molecule has 1 aromatic carbocycles. The second kappa shape index (κ2) is 8.96. The highest BCUT2D eigenvalue weighted by molar-refractivity contribution is 7.11. The first-order valence-corrected chi connectivity index (χ1v) is 11.9. The summed E-state index contributed by atoms with van der Waals surface area (Å²) in [5.74, 6) is 0.448. The van der Waals surface area contributed by atoms with Crippen molar-refractivity contribution in [1.82, 2.24) is 9.80 Å². The molecule has 2 saturated heterocycles. The quantitative estimate of drug-likeness (QED) is 0.627. The molecule has 3 aliphatic heterocycles. The van der Waals surface area contributed by atoms with Crippen molar-refractivity contribution in [3.8, 4) is 5.75 Å². The van der Waals surface area contributed by atoms with Crippen LogP contribution in [0.1, 0.15) is 17.7 Å². The lowest BCUT2D eigenvalue weighted by Gasteiger charge is -2.38. The number of amides is 2. The lowest BCUT2D eigenvalue weighted by Crippen LogP contribution is -2.48. The predicted molar refractivity (Wildman–Crippen MR) is 124 cm³/mol. The Kier molecular flexibility index (Phi) is 5.89. The third kappa shape index (κ3) is 3.78. The van der Waals surface area contributed by atoms with E-state index in [0.717, 1.165) is 42.2 Å². The third-order valence-electron chi connectivity index (χ3n) is 6.34. The van der Waals surface area contributed by atoms with Crippen molar-refractivity contribution in [3.05, 3.63) is 52.4 Å². The highest BCUT2D eigenvalue weighted by Gasteiger charge is 2.43. The molecule has 3 aliphatic rings. The number of ether oxygens (including phenoxy) is 2. The summed E-state index contributed by atoms with van der Waals surface area (Å²) in [4.78, 5) is 33.4. The molecular weight excluding hydrogens is 426 g/mol. The van der Waals surface area contributed by atoms with Crippen LogP contribution in [-0.2, 0) is 14.3 Å². The molecule has 0 bridgehead atoms. The van der Waals surface area contributed by atoms with E-state index in [-0.39, 0.29) is 17.9 Å². The molecule has 2 amide bonds. The van der Waals surface area contributed by atoms with Crippen LogP contribution in [0.5, 0.6) is 5.75 Å². The second-order valence-corrected chi connectivity index (χ2v) is 9.15. The number of rotatable bonds is 6. The number of carbonyl (C=O) groups is 2. The van der Waals surface area contributed by atoms with Crippen LogP contribution in [0.4, 0.5) is 5.69 Å². The maximum atomic E-state index is 13.5. The summed E-state index contributed by atoms with van der Waals surface area (Å²) >= 11 is 1.50. The van der Waals surface area contributed by atoms with Gasteiger partial charge in [0.15, 0.2) is 0 Å². The number of anilines is 1. The van der Waals surface area contributed by atoms with Gasteiger partial charge in [-0.25, -0.2) is 0 Å². The summed E-state index contributed by atoms with van der Waals surface area (Å²) in [5, 5.41) is 1.94. The van der Waals surface area contributed by atoms with E-state index in [1.54, 1.807) is 7.11 Å². The van der Waals surface area contributed by atoms with Gasteiger partial charge in [-0.05, 0) is 36.4 Å². The number of imide groups is 1. The number of carbonyl (C=O) groups excluding carboxylic acids is 2. The fourth-order valence-corrected chi connectivity index (χ4v) is 5.48. The molecule has 0 saturated carbocycles. The molecule has 0 radical (unpaired) electrons. The minimum absolute atomic E-state index is 0.0609. The van der Waals surface area contributed by atoms with Gasteiger partial charge in [-0.1, -0.05) is 18.2 Å². The van der Waals surface area contributed by atoms with E-state index in [2.05, 4.69) is 15.9 Å². The number of benzene rings is 1. The topological polar surface area (TPSA) is 62.3 Å². The van der Waals surface area contributed by atoms with E-state index in [9.17, 15) is 9.59 Å². The summed E-state index contributed by atoms with van der Waals surface area (Å²) in [7, 11) is 1.68. The number of methoxy groups -OCH3 is 1. The fourth-order valence-electron chi connectivity index (χ4n) is 4.72. The zero-order chi connectivity index (χ0) is 22.1. The second-order valence-electron chi connectivity index (χ2n) is 8.20. The molecule has 7 nitrogen and oxygen atoms in total. The van der Waals surface area contributed by atoms with Gasteiger partial charge in [0.25, 0.3) is 11.8 Å². The largest absolute Gasteiger partial charge is 0.495 e. The normalized spacial score (nSPS) is 21.8. The molecule has 2 fully saturated rings. The molecule has 2 aromatic rings. The van der Waals surface area contributed by atoms with Gasteiger partial charge >= 0.3 is 0 Å². The smallest absolute Gasteiger partial charge is 0.277 e. The Morgan fingerprint density at radius 1 is 1.03 bits per heavy atom. The molecule has 1 atom stereocenters. The average molecular weight is 454 g/mol. The summed E-state index contributed by atoms with van der Waals surface area (Å²) in [6.07, 6.45) is 1.80. The lowest BCUT2D eigenvalue weighted by atomic mass is 10.1. The first-order valence-electron chi connectivity index (χ1n) is 11.1. The minimum Gasteiger partial charge on any atom is -0.495 e. The van der Waals surface area contributed by atoms with E-state index in [1.807, 2.05) is 35.7 Å². The van der Waals surface area contributed by atoms with Gasteiger partial charge in [0.1, 0.15) is 11.4 Å². The number of nitrogens with zero attached hydrogens (tertiary/aromatic N) is 3. The van der Waals surface area contributed by atoms with E-state index in [0.29, 0.717) is 37.5 Å². The Hall–Kier alpha value is -2.84. The molecule has 8 heteroatoms. The summed E-state index contributed by atoms with van der Waals surface area (Å²) in [6, 6.07) is 11.8. The Labute approximate surface area is 191 Å². The van der Waals surface area contributed by atoms with Crippen molar-refractivity contribution in [2.75, 3.05) is 51.3 Å². The molecular formula is C24H27N3O4S. The summed E-state index contributed by atoms with van der Waals surface area (Å²) in [6.45, 7) is 3.84. The number of para-hydroxylation sites is 2. The van der Waals surface area contributed by atoms with Gasteiger partial charge in [0.05, 0.1) is 31.0 Å². The Balaban J connectivity index is 1.39. The molecule has 1 unspecified atom stereocenters.